The molecule has 2 aromatic heterocycles. The number of rotatable bonds is 4. The van der Waals surface area contributed by atoms with Gasteiger partial charge in [0.2, 0.25) is 5.91 Å². The maximum Gasteiger partial charge on any atom is 0.230 e. The first kappa shape index (κ1) is 20.4. The molecule has 0 unspecified atom stereocenters. The van der Waals surface area contributed by atoms with Crippen LogP contribution in [0.1, 0.15) is 26.5 Å². The summed E-state index contributed by atoms with van der Waals surface area (Å²) in [6, 6.07) is 5.93. The van der Waals surface area contributed by atoms with Crippen molar-refractivity contribution in [3.05, 3.63) is 30.1 Å². The number of pyridine rings is 1. The average Bonchev–Trinajstić information content (AvgIpc) is 2.67. The summed E-state index contributed by atoms with van der Waals surface area (Å²) in [5.41, 5.74) is 1.62. The zero-order valence-corrected chi connectivity index (χ0v) is 18.0. The van der Waals surface area contributed by atoms with Gasteiger partial charge in [0.05, 0.1) is 11.9 Å². The average molecular weight is 401 g/mol. The number of carbonyl (C=O) groups is 1. The molecular formula is C20H28N6OS. The van der Waals surface area contributed by atoms with Crippen molar-refractivity contribution in [3.63, 3.8) is 0 Å². The van der Waals surface area contributed by atoms with Crippen LogP contribution in [0.5, 0.6) is 0 Å². The summed E-state index contributed by atoms with van der Waals surface area (Å²) in [5.74, 6) is 1.55. The maximum atomic E-state index is 12.1. The fraction of sp³-hybridized carbons (Fsp3) is 0.500. The third kappa shape index (κ3) is 4.92. The van der Waals surface area contributed by atoms with E-state index < -0.39 is 5.41 Å². The number of anilines is 3. The third-order valence-electron chi connectivity index (χ3n) is 4.64. The SMILES string of the molecule is CSc1nc(C)cc(N2CCN(c3ccc(NC(=O)C(C)(C)C)nc3)CC2)n1. The topological polar surface area (TPSA) is 74.2 Å². The Balaban J connectivity index is 1.60. The Bertz CT molecular complexity index is 826. The number of amides is 1. The van der Waals surface area contributed by atoms with E-state index in [2.05, 4.69) is 30.1 Å². The molecule has 1 N–H and O–H groups in total. The number of hydrogen-bond acceptors (Lipinski definition) is 7. The molecule has 0 bridgehead atoms. The van der Waals surface area contributed by atoms with E-state index in [-0.39, 0.29) is 5.91 Å². The number of aromatic nitrogens is 3. The molecule has 0 radical (unpaired) electrons. The molecule has 1 amide bonds. The van der Waals surface area contributed by atoms with E-state index in [1.165, 1.54) is 0 Å². The van der Waals surface area contributed by atoms with Crippen molar-refractivity contribution < 1.29 is 4.79 Å². The molecular weight excluding hydrogens is 372 g/mol. The zero-order chi connectivity index (χ0) is 20.3. The molecule has 8 heteroatoms. The quantitative estimate of drug-likeness (QED) is 0.624. The highest BCUT2D eigenvalue weighted by Crippen LogP contribution is 2.22. The summed E-state index contributed by atoms with van der Waals surface area (Å²) < 4.78 is 0. The van der Waals surface area contributed by atoms with Crippen molar-refractivity contribution in [2.75, 3.05) is 47.6 Å². The van der Waals surface area contributed by atoms with E-state index in [1.807, 2.05) is 58.3 Å². The van der Waals surface area contributed by atoms with Crippen LogP contribution in [0.2, 0.25) is 0 Å². The van der Waals surface area contributed by atoms with E-state index in [0.29, 0.717) is 5.82 Å². The van der Waals surface area contributed by atoms with Crippen molar-refractivity contribution in [1.82, 2.24) is 15.0 Å². The molecule has 1 fully saturated rings. The monoisotopic (exact) mass is 400 g/mol. The molecule has 0 spiro atoms. The van der Waals surface area contributed by atoms with Gasteiger partial charge in [0.1, 0.15) is 11.6 Å². The number of aryl methyl sites for hydroxylation is 1. The Morgan fingerprint density at radius 3 is 2.36 bits per heavy atom. The highest BCUT2D eigenvalue weighted by Gasteiger charge is 2.22. The van der Waals surface area contributed by atoms with Crippen molar-refractivity contribution in [2.45, 2.75) is 32.9 Å². The second-order valence-corrected chi connectivity index (χ2v) is 8.71. The molecule has 2 aromatic rings. The van der Waals surface area contributed by atoms with Gasteiger partial charge in [0, 0.05) is 43.4 Å². The van der Waals surface area contributed by atoms with Gasteiger partial charge in [-0.25, -0.2) is 15.0 Å². The minimum atomic E-state index is -0.438. The Hall–Kier alpha value is -2.35. The molecule has 28 heavy (non-hydrogen) atoms. The lowest BCUT2D eigenvalue weighted by atomic mass is 9.96. The number of thioether (sulfide) groups is 1. The van der Waals surface area contributed by atoms with Gasteiger partial charge in [-0.2, -0.15) is 0 Å². The first-order chi connectivity index (χ1) is 13.3. The predicted octanol–water partition coefficient (Wildman–Crippen LogP) is 3.21. The highest BCUT2D eigenvalue weighted by molar-refractivity contribution is 7.98. The number of nitrogens with zero attached hydrogens (tertiary/aromatic N) is 5. The van der Waals surface area contributed by atoms with Gasteiger partial charge in [0.25, 0.3) is 0 Å². The van der Waals surface area contributed by atoms with Crippen LogP contribution >= 0.6 is 11.8 Å². The minimum Gasteiger partial charge on any atom is -0.367 e. The lowest BCUT2D eigenvalue weighted by molar-refractivity contribution is -0.123. The molecule has 1 aliphatic heterocycles. The maximum absolute atomic E-state index is 12.1. The lowest BCUT2D eigenvalue weighted by Gasteiger charge is -2.36. The standard InChI is InChI=1S/C20H28N6OS/c1-14-12-17(24-19(22-14)28-5)26-10-8-25(9-11-26)15-6-7-16(21-13-15)23-18(27)20(2,3)4/h6-7,12-13H,8-11H2,1-5H3,(H,21,23,27). The predicted molar refractivity (Wildman–Crippen MR) is 115 cm³/mol. The molecule has 0 aliphatic carbocycles. The van der Waals surface area contributed by atoms with Crippen LogP contribution in [0.15, 0.2) is 29.6 Å². The summed E-state index contributed by atoms with van der Waals surface area (Å²) in [6.45, 7) is 11.2. The normalized spacial score (nSPS) is 14.9. The fourth-order valence-corrected chi connectivity index (χ4v) is 3.34. The van der Waals surface area contributed by atoms with Gasteiger partial charge in [0.15, 0.2) is 5.16 Å². The van der Waals surface area contributed by atoms with Crippen molar-refractivity contribution in [1.29, 1.82) is 0 Å². The molecule has 1 saturated heterocycles. The van der Waals surface area contributed by atoms with Gasteiger partial charge in [-0.1, -0.05) is 32.5 Å². The number of piperazine rings is 1. The van der Waals surface area contributed by atoms with E-state index in [9.17, 15) is 4.79 Å². The Labute approximate surface area is 171 Å². The number of nitrogens with one attached hydrogen (secondary N) is 1. The van der Waals surface area contributed by atoms with Crippen LogP contribution in [-0.4, -0.2) is 53.3 Å². The smallest absolute Gasteiger partial charge is 0.230 e. The third-order valence-corrected chi connectivity index (χ3v) is 5.19. The molecule has 150 valence electrons. The van der Waals surface area contributed by atoms with Gasteiger partial charge < -0.3 is 15.1 Å². The summed E-state index contributed by atoms with van der Waals surface area (Å²) >= 11 is 1.57. The fourth-order valence-electron chi connectivity index (χ4n) is 2.92. The molecule has 3 rings (SSSR count). The Morgan fingerprint density at radius 2 is 1.79 bits per heavy atom. The van der Waals surface area contributed by atoms with E-state index in [0.717, 1.165) is 48.5 Å². The van der Waals surface area contributed by atoms with Crippen molar-refractivity contribution in [3.8, 4) is 0 Å². The first-order valence-electron chi connectivity index (χ1n) is 9.43. The van der Waals surface area contributed by atoms with Gasteiger partial charge in [-0.3, -0.25) is 4.79 Å². The van der Waals surface area contributed by atoms with Crippen LogP contribution < -0.4 is 15.1 Å². The van der Waals surface area contributed by atoms with Crippen molar-refractivity contribution in [2.24, 2.45) is 5.41 Å². The summed E-state index contributed by atoms with van der Waals surface area (Å²) in [5, 5.41) is 3.68. The van der Waals surface area contributed by atoms with E-state index in [1.54, 1.807) is 11.8 Å². The largest absolute Gasteiger partial charge is 0.367 e. The molecule has 7 nitrogen and oxygen atoms in total. The second kappa shape index (κ2) is 8.34. The van der Waals surface area contributed by atoms with Crippen LogP contribution in [0.25, 0.3) is 0 Å². The van der Waals surface area contributed by atoms with Crippen LogP contribution in [0, 0.1) is 12.3 Å². The Kier molecular flexibility index (Phi) is 6.07. The summed E-state index contributed by atoms with van der Waals surface area (Å²) in [7, 11) is 0. The Morgan fingerprint density at radius 1 is 1.11 bits per heavy atom. The van der Waals surface area contributed by atoms with E-state index in [4.69, 9.17) is 0 Å². The van der Waals surface area contributed by atoms with Gasteiger partial charge in [-0.05, 0) is 25.3 Å². The first-order valence-corrected chi connectivity index (χ1v) is 10.7. The molecule has 0 saturated carbocycles. The molecule has 0 aromatic carbocycles. The molecule has 3 heterocycles. The van der Waals surface area contributed by atoms with Crippen LogP contribution in [-0.2, 0) is 4.79 Å². The highest BCUT2D eigenvalue weighted by atomic mass is 32.2. The van der Waals surface area contributed by atoms with Crippen molar-refractivity contribution >= 4 is 35.0 Å². The van der Waals surface area contributed by atoms with Crippen LogP contribution in [0.4, 0.5) is 17.3 Å². The number of hydrogen-bond donors (Lipinski definition) is 1. The molecule has 1 aliphatic rings. The van der Waals surface area contributed by atoms with Gasteiger partial charge >= 0.3 is 0 Å². The second-order valence-electron chi connectivity index (χ2n) is 7.93. The zero-order valence-electron chi connectivity index (χ0n) is 17.2. The minimum absolute atomic E-state index is 0.0360. The van der Waals surface area contributed by atoms with Crippen LogP contribution in [0.3, 0.4) is 0 Å². The number of carbonyl (C=O) groups excluding carboxylic acids is 1. The summed E-state index contributed by atoms with van der Waals surface area (Å²) in [6.07, 6.45) is 3.83. The molecule has 0 atom stereocenters. The summed E-state index contributed by atoms with van der Waals surface area (Å²) in [4.78, 5) is 30.2. The van der Waals surface area contributed by atoms with Gasteiger partial charge in [-0.15, -0.1) is 0 Å². The van der Waals surface area contributed by atoms with E-state index >= 15 is 0 Å². The lowest BCUT2D eigenvalue weighted by Crippen LogP contribution is -2.47.